The van der Waals surface area contributed by atoms with E-state index in [-0.39, 0.29) is 23.6 Å². The molecule has 0 atom stereocenters. The van der Waals surface area contributed by atoms with E-state index in [1.165, 1.54) is 17.4 Å². The number of Topliss-reactive ketones (excluding diaryl/α,β-unsaturated/α-hetero) is 1. The molecule has 0 aliphatic heterocycles. The zero-order valence-electron chi connectivity index (χ0n) is 14.1. The predicted molar refractivity (Wildman–Crippen MR) is 90.9 cm³/mol. The van der Waals surface area contributed by atoms with Gasteiger partial charge in [0.25, 0.3) is 5.56 Å². The summed E-state index contributed by atoms with van der Waals surface area (Å²) in [5.41, 5.74) is 2.50. The molecule has 0 unspecified atom stereocenters. The molecule has 0 bridgehead atoms. The molecular formula is C18H17N3O4. The highest BCUT2D eigenvalue weighted by Gasteiger charge is 2.21. The van der Waals surface area contributed by atoms with Crippen molar-refractivity contribution in [1.29, 1.82) is 0 Å². The summed E-state index contributed by atoms with van der Waals surface area (Å²) in [5, 5.41) is 0. The van der Waals surface area contributed by atoms with Crippen molar-refractivity contribution in [3.05, 3.63) is 69.0 Å². The first-order valence-corrected chi connectivity index (χ1v) is 7.73. The van der Waals surface area contributed by atoms with E-state index in [4.69, 9.17) is 4.74 Å². The lowest BCUT2D eigenvalue weighted by Gasteiger charge is -2.06. The van der Waals surface area contributed by atoms with E-state index in [9.17, 15) is 14.4 Å². The van der Waals surface area contributed by atoms with Gasteiger partial charge in [-0.25, -0.2) is 9.78 Å². The van der Waals surface area contributed by atoms with Crippen molar-refractivity contribution < 1.29 is 14.3 Å². The Morgan fingerprint density at radius 2 is 2.04 bits per heavy atom. The smallest absolute Gasteiger partial charge is 0.355 e. The average Bonchev–Trinajstić information content (AvgIpc) is 2.87. The zero-order chi connectivity index (χ0) is 18.1. The van der Waals surface area contributed by atoms with Crippen molar-refractivity contribution in [2.45, 2.75) is 27.4 Å². The molecule has 0 spiro atoms. The predicted octanol–water partition coefficient (Wildman–Crippen LogP) is 2.20. The number of aryl methyl sites for hydroxylation is 1. The number of nitrogens with one attached hydrogen (secondary N) is 1. The lowest BCUT2D eigenvalue weighted by Crippen LogP contribution is -2.16. The Morgan fingerprint density at radius 1 is 1.28 bits per heavy atom. The minimum absolute atomic E-state index is 0.116. The first-order valence-electron chi connectivity index (χ1n) is 7.73. The van der Waals surface area contributed by atoms with Crippen molar-refractivity contribution in [2.24, 2.45) is 0 Å². The van der Waals surface area contributed by atoms with Crippen molar-refractivity contribution in [1.82, 2.24) is 14.4 Å². The molecule has 3 aromatic rings. The fourth-order valence-electron chi connectivity index (χ4n) is 2.87. The topological polar surface area (TPSA) is 93.5 Å². The summed E-state index contributed by atoms with van der Waals surface area (Å²) in [4.78, 5) is 43.2. The molecule has 25 heavy (non-hydrogen) atoms. The Hall–Kier alpha value is -3.22. The SMILES string of the molecule is CC(=O)c1c(C)[nH]c(C(=O)OCc2cc(=O)n3ccccc3n2)c1C. The van der Waals surface area contributed by atoms with Gasteiger partial charge in [-0.1, -0.05) is 6.07 Å². The Kier molecular flexibility index (Phi) is 4.22. The van der Waals surface area contributed by atoms with Gasteiger partial charge in [0.2, 0.25) is 0 Å². The molecule has 7 nitrogen and oxygen atoms in total. The maximum Gasteiger partial charge on any atom is 0.355 e. The van der Waals surface area contributed by atoms with Crippen LogP contribution in [0.4, 0.5) is 0 Å². The van der Waals surface area contributed by atoms with Gasteiger partial charge < -0.3 is 9.72 Å². The largest absolute Gasteiger partial charge is 0.454 e. The van der Waals surface area contributed by atoms with Crippen LogP contribution < -0.4 is 5.56 Å². The third-order valence-electron chi connectivity index (χ3n) is 3.97. The van der Waals surface area contributed by atoms with Crippen LogP contribution in [0.1, 0.15) is 44.7 Å². The molecule has 0 saturated heterocycles. The second kappa shape index (κ2) is 6.35. The van der Waals surface area contributed by atoms with Gasteiger partial charge in [-0.3, -0.25) is 14.0 Å². The summed E-state index contributed by atoms with van der Waals surface area (Å²) in [6.45, 7) is 4.74. The summed E-state index contributed by atoms with van der Waals surface area (Å²) in [6, 6.07) is 6.53. The van der Waals surface area contributed by atoms with Crippen molar-refractivity contribution in [3.8, 4) is 0 Å². The van der Waals surface area contributed by atoms with Gasteiger partial charge in [0, 0.05) is 23.5 Å². The van der Waals surface area contributed by atoms with E-state index in [0.29, 0.717) is 28.2 Å². The van der Waals surface area contributed by atoms with Crippen LogP contribution in [-0.4, -0.2) is 26.1 Å². The number of fused-ring (bicyclic) bond motifs is 1. The average molecular weight is 339 g/mol. The summed E-state index contributed by atoms with van der Waals surface area (Å²) in [5.74, 6) is -0.710. The molecule has 0 saturated carbocycles. The second-order valence-corrected chi connectivity index (χ2v) is 5.77. The standard InChI is InChI=1S/C18H17N3O4/c1-10-16(12(3)22)11(2)19-17(10)18(24)25-9-13-8-15(23)21-7-5-4-6-14(21)20-13/h4-8,19H,9H2,1-3H3. The number of aromatic nitrogens is 3. The third kappa shape index (κ3) is 3.08. The van der Waals surface area contributed by atoms with Crippen LogP contribution >= 0.6 is 0 Å². The van der Waals surface area contributed by atoms with E-state index < -0.39 is 5.97 Å². The molecule has 0 aliphatic rings. The van der Waals surface area contributed by atoms with Crippen LogP contribution in [-0.2, 0) is 11.3 Å². The Morgan fingerprint density at radius 3 is 2.72 bits per heavy atom. The van der Waals surface area contributed by atoms with Gasteiger partial charge in [-0.15, -0.1) is 0 Å². The van der Waals surface area contributed by atoms with Gasteiger partial charge in [0.1, 0.15) is 17.9 Å². The van der Waals surface area contributed by atoms with Gasteiger partial charge in [0.05, 0.1) is 5.69 Å². The van der Waals surface area contributed by atoms with E-state index in [1.54, 1.807) is 38.2 Å². The van der Waals surface area contributed by atoms with E-state index in [0.717, 1.165) is 0 Å². The normalized spacial score (nSPS) is 10.8. The number of pyridine rings is 1. The first-order chi connectivity index (χ1) is 11.9. The summed E-state index contributed by atoms with van der Waals surface area (Å²) in [7, 11) is 0. The molecule has 0 amide bonds. The number of hydrogen-bond donors (Lipinski definition) is 1. The highest BCUT2D eigenvalue weighted by molar-refractivity contribution is 6.01. The maximum absolute atomic E-state index is 12.3. The number of aromatic amines is 1. The second-order valence-electron chi connectivity index (χ2n) is 5.77. The summed E-state index contributed by atoms with van der Waals surface area (Å²) in [6.07, 6.45) is 1.62. The Balaban J connectivity index is 1.83. The maximum atomic E-state index is 12.3. The quantitative estimate of drug-likeness (QED) is 0.581. The highest BCUT2D eigenvalue weighted by Crippen LogP contribution is 2.19. The summed E-state index contributed by atoms with van der Waals surface area (Å²) >= 11 is 0. The number of ketones is 1. The molecule has 1 N–H and O–H groups in total. The third-order valence-corrected chi connectivity index (χ3v) is 3.97. The number of carbonyl (C=O) groups is 2. The molecule has 7 heteroatoms. The lowest BCUT2D eigenvalue weighted by molar-refractivity contribution is 0.0460. The minimum Gasteiger partial charge on any atom is -0.454 e. The number of carbonyl (C=O) groups excluding carboxylic acids is 2. The molecule has 0 aliphatic carbocycles. The summed E-state index contributed by atoms with van der Waals surface area (Å²) < 4.78 is 6.66. The van der Waals surface area contributed by atoms with E-state index >= 15 is 0 Å². The highest BCUT2D eigenvalue weighted by atomic mass is 16.5. The monoisotopic (exact) mass is 339 g/mol. The van der Waals surface area contributed by atoms with Crippen LogP contribution in [0.25, 0.3) is 5.65 Å². The van der Waals surface area contributed by atoms with Gasteiger partial charge in [-0.2, -0.15) is 0 Å². The van der Waals surface area contributed by atoms with Crippen molar-refractivity contribution >= 4 is 17.4 Å². The fourth-order valence-corrected chi connectivity index (χ4v) is 2.87. The Bertz CT molecular complexity index is 1050. The van der Waals surface area contributed by atoms with E-state index in [1.807, 2.05) is 0 Å². The number of esters is 1. The number of rotatable bonds is 4. The van der Waals surface area contributed by atoms with Crippen LogP contribution in [0.3, 0.4) is 0 Å². The molecule has 0 fully saturated rings. The Labute approximate surface area is 143 Å². The number of H-pyrrole nitrogens is 1. The zero-order valence-corrected chi connectivity index (χ0v) is 14.1. The van der Waals surface area contributed by atoms with Crippen LogP contribution in [0.2, 0.25) is 0 Å². The first kappa shape index (κ1) is 16.6. The van der Waals surface area contributed by atoms with Crippen molar-refractivity contribution in [3.63, 3.8) is 0 Å². The van der Waals surface area contributed by atoms with E-state index in [2.05, 4.69) is 9.97 Å². The molecule has 3 rings (SSSR count). The lowest BCUT2D eigenvalue weighted by atomic mass is 10.1. The van der Waals surface area contributed by atoms with Crippen molar-refractivity contribution in [2.75, 3.05) is 0 Å². The molecule has 3 aromatic heterocycles. The molecule has 128 valence electrons. The molecule has 3 heterocycles. The van der Waals surface area contributed by atoms with Gasteiger partial charge in [-0.05, 0) is 38.5 Å². The van der Waals surface area contributed by atoms with Crippen LogP contribution in [0, 0.1) is 13.8 Å². The molecular weight excluding hydrogens is 322 g/mol. The number of nitrogens with zero attached hydrogens (tertiary/aromatic N) is 2. The van der Waals surface area contributed by atoms with Crippen LogP contribution in [0.15, 0.2) is 35.3 Å². The number of hydrogen-bond acceptors (Lipinski definition) is 5. The molecule has 0 radical (unpaired) electrons. The fraction of sp³-hybridized carbons (Fsp3) is 0.222. The minimum atomic E-state index is -0.594. The molecule has 0 aromatic carbocycles. The van der Waals surface area contributed by atoms with Gasteiger partial charge >= 0.3 is 5.97 Å². The number of ether oxygens (including phenoxy) is 1. The van der Waals surface area contributed by atoms with Crippen LogP contribution in [0.5, 0.6) is 0 Å². The van der Waals surface area contributed by atoms with Gasteiger partial charge in [0.15, 0.2) is 5.78 Å².